The minimum absolute atomic E-state index is 1.18. The highest BCUT2D eigenvalue weighted by atomic mass is 32.1. The lowest BCUT2D eigenvalue weighted by molar-refractivity contribution is 1.18. The fourth-order valence-corrected chi connectivity index (χ4v) is 14.9. The number of hydrogen-bond acceptors (Lipinski definition) is 1. The van der Waals surface area contributed by atoms with Gasteiger partial charge in [-0.15, -0.1) is 11.3 Å². The van der Waals surface area contributed by atoms with E-state index in [2.05, 4.69) is 205 Å². The van der Waals surface area contributed by atoms with Gasteiger partial charge in [0.05, 0.1) is 11.0 Å². The molecule has 0 bridgehead atoms. The Kier molecular flexibility index (Phi) is 7.09. The van der Waals surface area contributed by atoms with Crippen LogP contribution in [-0.2, 0) is 0 Å². The average Bonchev–Trinajstić information content (AvgIpc) is 3.76. The van der Waals surface area contributed by atoms with Crippen molar-refractivity contribution < 1.29 is 0 Å². The number of fused-ring (bicyclic) bond motifs is 6. The Morgan fingerprint density at radius 3 is 1.71 bits per heavy atom. The van der Waals surface area contributed by atoms with Crippen molar-refractivity contribution in [1.29, 1.82) is 0 Å². The van der Waals surface area contributed by atoms with Gasteiger partial charge < -0.3 is 4.57 Å². The van der Waals surface area contributed by atoms with Crippen LogP contribution in [0.3, 0.4) is 0 Å². The molecule has 0 aliphatic carbocycles. The predicted octanol–water partition coefficient (Wildman–Crippen LogP) is 10.2. The summed E-state index contributed by atoms with van der Waals surface area (Å²) in [5.41, 5.74) is 6.08. The van der Waals surface area contributed by atoms with Crippen LogP contribution in [0.25, 0.3) is 58.8 Å². The summed E-state index contributed by atoms with van der Waals surface area (Å²) in [6, 6.07) is 74.4. The summed E-state index contributed by atoms with van der Waals surface area (Å²) in [5, 5.41) is 10.8. The van der Waals surface area contributed by atoms with Gasteiger partial charge in [0.1, 0.15) is 0 Å². The molecule has 0 spiro atoms. The van der Waals surface area contributed by atoms with Gasteiger partial charge in [-0.05, 0) is 68.3 Å². The molecular formula is C48H33NSSi. The second kappa shape index (κ2) is 12.1. The monoisotopic (exact) mass is 683 g/mol. The molecule has 0 fully saturated rings. The highest BCUT2D eigenvalue weighted by Gasteiger charge is 2.43. The van der Waals surface area contributed by atoms with E-state index in [1.807, 2.05) is 11.3 Å². The van der Waals surface area contributed by atoms with Crippen molar-refractivity contribution in [3.63, 3.8) is 0 Å². The molecule has 2 heterocycles. The maximum absolute atomic E-state index is 2.82. The fourth-order valence-electron chi connectivity index (χ4n) is 8.33. The molecule has 2 aromatic heterocycles. The summed E-state index contributed by atoms with van der Waals surface area (Å²) >= 11 is 1.94. The maximum atomic E-state index is 2.50. The number of thiophene rings is 1. The molecule has 0 atom stereocenters. The molecule has 1 nitrogen and oxygen atoms in total. The standard InChI is InChI=1S/C48H33NSSi/c1-4-17-36(18-5-1)49-44-27-12-10-24-40(44)43-33-35(30-31-45(43)49)34-16-14-23-39(32-34)51(37-19-6-2-7-20-37,38-21-8-3-9-22-38)47-29-15-26-42-41-25-11-13-28-46(41)50-48(42)47/h1-33H. The zero-order valence-electron chi connectivity index (χ0n) is 27.9. The Labute approximate surface area is 302 Å². The van der Waals surface area contributed by atoms with E-state index in [9.17, 15) is 0 Å². The van der Waals surface area contributed by atoms with Crippen LogP contribution in [0.15, 0.2) is 200 Å². The number of aromatic nitrogens is 1. The number of hydrogen-bond donors (Lipinski definition) is 0. The molecule has 51 heavy (non-hydrogen) atoms. The first kappa shape index (κ1) is 29.9. The van der Waals surface area contributed by atoms with Crippen LogP contribution in [0.4, 0.5) is 0 Å². The summed E-state index contributed by atoms with van der Waals surface area (Å²) in [6.07, 6.45) is 0. The molecule has 0 radical (unpaired) electrons. The molecule has 0 amide bonds. The van der Waals surface area contributed by atoms with Crippen molar-refractivity contribution in [2.75, 3.05) is 0 Å². The van der Waals surface area contributed by atoms with Crippen molar-refractivity contribution in [2.45, 2.75) is 0 Å². The van der Waals surface area contributed by atoms with Crippen molar-refractivity contribution in [1.82, 2.24) is 4.57 Å². The van der Waals surface area contributed by atoms with Crippen molar-refractivity contribution in [3.8, 4) is 16.8 Å². The Balaban J connectivity index is 1.25. The lowest BCUT2D eigenvalue weighted by Crippen LogP contribution is -2.74. The van der Waals surface area contributed by atoms with Gasteiger partial charge in [0.15, 0.2) is 8.07 Å². The lowest BCUT2D eigenvalue weighted by Gasteiger charge is -2.35. The lowest BCUT2D eigenvalue weighted by atomic mass is 10.0. The minimum Gasteiger partial charge on any atom is -0.309 e. The first-order valence-corrected chi connectivity index (χ1v) is 20.3. The fraction of sp³-hybridized carbons (Fsp3) is 0. The summed E-state index contributed by atoms with van der Waals surface area (Å²) in [6.45, 7) is 0. The normalized spacial score (nSPS) is 11.9. The van der Waals surface area contributed by atoms with Gasteiger partial charge in [0, 0.05) is 36.6 Å². The first-order valence-electron chi connectivity index (χ1n) is 17.5. The number of nitrogens with zero attached hydrogens (tertiary/aromatic N) is 1. The average molecular weight is 684 g/mol. The summed E-state index contributed by atoms with van der Waals surface area (Å²) in [7, 11) is -2.82. The van der Waals surface area contributed by atoms with Gasteiger partial charge in [-0.2, -0.15) is 0 Å². The number of para-hydroxylation sites is 2. The molecule has 0 saturated carbocycles. The number of rotatable bonds is 6. The van der Waals surface area contributed by atoms with E-state index in [0.29, 0.717) is 0 Å². The van der Waals surface area contributed by atoms with Crippen molar-refractivity contribution in [3.05, 3.63) is 200 Å². The summed E-state index contributed by atoms with van der Waals surface area (Å²) < 4.78 is 5.11. The van der Waals surface area contributed by atoms with Gasteiger partial charge in [0.25, 0.3) is 0 Å². The highest BCUT2D eigenvalue weighted by molar-refractivity contribution is 7.30. The predicted molar refractivity (Wildman–Crippen MR) is 223 cm³/mol. The van der Waals surface area contributed by atoms with Crippen LogP contribution < -0.4 is 20.7 Å². The first-order chi connectivity index (χ1) is 25.3. The SMILES string of the molecule is c1ccc(-n2c3ccccc3c3cc(-c4cccc([Si](c5ccccc5)(c5ccccc5)c5cccc6c5sc5ccccc56)c4)ccc32)cc1. The minimum atomic E-state index is -2.82. The van der Waals surface area contributed by atoms with Gasteiger partial charge in [0.2, 0.25) is 0 Å². The Morgan fingerprint density at radius 2 is 0.941 bits per heavy atom. The van der Waals surface area contributed by atoms with Gasteiger partial charge in [-0.25, -0.2) is 0 Å². The van der Waals surface area contributed by atoms with Crippen LogP contribution >= 0.6 is 11.3 Å². The van der Waals surface area contributed by atoms with E-state index in [0.717, 1.165) is 0 Å². The van der Waals surface area contributed by atoms with E-state index in [-0.39, 0.29) is 0 Å². The third-order valence-electron chi connectivity index (χ3n) is 10.5. The van der Waals surface area contributed by atoms with E-state index in [4.69, 9.17) is 0 Å². The molecule has 0 aliphatic rings. The molecule has 10 aromatic rings. The third-order valence-corrected chi connectivity index (χ3v) is 16.7. The van der Waals surface area contributed by atoms with E-state index < -0.39 is 8.07 Å². The number of benzene rings is 8. The summed E-state index contributed by atoms with van der Waals surface area (Å²) in [4.78, 5) is 0. The topological polar surface area (TPSA) is 4.93 Å². The third kappa shape index (κ3) is 4.66. The van der Waals surface area contributed by atoms with Gasteiger partial charge in [-0.3, -0.25) is 0 Å². The van der Waals surface area contributed by atoms with E-state index >= 15 is 0 Å². The zero-order valence-corrected chi connectivity index (χ0v) is 29.7. The molecule has 8 aromatic carbocycles. The smallest absolute Gasteiger partial charge is 0.181 e. The largest absolute Gasteiger partial charge is 0.309 e. The van der Waals surface area contributed by atoms with Crippen LogP contribution in [0.1, 0.15) is 0 Å². The van der Waals surface area contributed by atoms with Crippen LogP contribution in [-0.4, -0.2) is 12.6 Å². The Morgan fingerprint density at radius 1 is 0.373 bits per heavy atom. The van der Waals surface area contributed by atoms with Crippen molar-refractivity contribution in [2.24, 2.45) is 0 Å². The Bertz CT molecular complexity index is 2810. The molecule has 240 valence electrons. The van der Waals surface area contributed by atoms with Crippen LogP contribution in [0, 0.1) is 0 Å². The van der Waals surface area contributed by atoms with Gasteiger partial charge in [-0.1, -0.05) is 164 Å². The molecule has 0 aliphatic heterocycles. The van der Waals surface area contributed by atoms with Gasteiger partial charge >= 0.3 is 0 Å². The van der Waals surface area contributed by atoms with E-state index in [1.54, 1.807) is 0 Å². The molecule has 0 unspecified atom stereocenters. The highest BCUT2D eigenvalue weighted by Crippen LogP contribution is 2.36. The molecule has 3 heteroatoms. The molecule has 0 saturated heterocycles. The van der Waals surface area contributed by atoms with E-state index in [1.165, 1.54) is 79.5 Å². The van der Waals surface area contributed by atoms with Crippen molar-refractivity contribution >= 4 is 82.1 Å². The van der Waals surface area contributed by atoms with Crippen LogP contribution in [0.5, 0.6) is 0 Å². The Hall–Kier alpha value is -6.00. The zero-order chi connectivity index (χ0) is 33.8. The molecule has 10 rings (SSSR count). The quantitative estimate of drug-likeness (QED) is 0.121. The molecule has 0 N–H and O–H groups in total. The van der Waals surface area contributed by atoms with Crippen LogP contribution in [0.2, 0.25) is 0 Å². The second-order valence-corrected chi connectivity index (χ2v) is 18.1. The second-order valence-electron chi connectivity index (χ2n) is 13.3. The maximum Gasteiger partial charge on any atom is 0.181 e. The summed E-state index contributed by atoms with van der Waals surface area (Å²) in [5.74, 6) is 0. The molecular weight excluding hydrogens is 651 g/mol.